The molecule has 7 heteroatoms. The Labute approximate surface area is 126 Å². The van der Waals surface area contributed by atoms with E-state index in [9.17, 15) is 9.90 Å². The molecule has 1 aliphatic rings. The molecule has 2 N–H and O–H groups in total. The molecule has 3 atom stereocenters. The number of Topliss-reactive ketones (excluding diaryl/α,β-unsaturated/α-hetero) is 1. The van der Waals surface area contributed by atoms with Crippen LogP contribution in [0.2, 0.25) is 5.02 Å². The van der Waals surface area contributed by atoms with E-state index in [0.717, 1.165) is 5.56 Å². The molecule has 0 amide bonds. The molecule has 3 rings (SSSR count). The van der Waals surface area contributed by atoms with Gasteiger partial charge in [-0.05, 0) is 31.5 Å². The Balaban J connectivity index is 2.18. The van der Waals surface area contributed by atoms with Gasteiger partial charge in [0.25, 0.3) is 0 Å². The van der Waals surface area contributed by atoms with Gasteiger partial charge in [0.2, 0.25) is 5.95 Å². The van der Waals surface area contributed by atoms with E-state index in [1.165, 1.54) is 13.3 Å². The van der Waals surface area contributed by atoms with Crippen molar-refractivity contribution in [1.82, 2.24) is 14.8 Å². The van der Waals surface area contributed by atoms with Crippen molar-refractivity contribution in [1.29, 1.82) is 0 Å². The van der Waals surface area contributed by atoms with Gasteiger partial charge < -0.3 is 10.4 Å². The molecule has 2 aromatic rings. The number of ketones is 1. The first kappa shape index (κ1) is 14.0. The molecule has 0 spiro atoms. The Morgan fingerprint density at radius 2 is 2.10 bits per heavy atom. The summed E-state index contributed by atoms with van der Waals surface area (Å²) in [5.41, 5.74) is -0.563. The highest BCUT2D eigenvalue weighted by Crippen LogP contribution is 2.40. The average molecular weight is 307 g/mol. The number of halogens is 1. The van der Waals surface area contributed by atoms with Gasteiger partial charge in [-0.3, -0.25) is 4.79 Å². The van der Waals surface area contributed by atoms with Crippen molar-refractivity contribution in [3.05, 3.63) is 41.2 Å². The van der Waals surface area contributed by atoms with Crippen LogP contribution in [-0.2, 0) is 4.79 Å². The fraction of sp³-hybridized carbons (Fsp3) is 0.357. The highest BCUT2D eigenvalue weighted by Gasteiger charge is 2.48. The SMILES string of the molecule is CC(=O)[C@H]1[C@@H](c2ccc(Cl)cc2)n2ncnc2N[C@@]1(C)O. The summed E-state index contributed by atoms with van der Waals surface area (Å²) in [6.07, 6.45) is 1.39. The second-order valence-electron chi connectivity index (χ2n) is 5.39. The molecule has 21 heavy (non-hydrogen) atoms. The maximum Gasteiger partial charge on any atom is 0.223 e. The van der Waals surface area contributed by atoms with Gasteiger partial charge in [-0.25, -0.2) is 4.68 Å². The van der Waals surface area contributed by atoms with Crippen molar-refractivity contribution < 1.29 is 9.90 Å². The van der Waals surface area contributed by atoms with E-state index >= 15 is 0 Å². The lowest BCUT2D eigenvalue weighted by molar-refractivity contribution is -0.130. The summed E-state index contributed by atoms with van der Waals surface area (Å²) in [6.45, 7) is 3.03. The minimum atomic E-state index is -1.40. The minimum absolute atomic E-state index is 0.131. The number of rotatable bonds is 2. The van der Waals surface area contributed by atoms with Crippen LogP contribution in [0.15, 0.2) is 30.6 Å². The first-order valence-electron chi connectivity index (χ1n) is 6.56. The molecule has 0 bridgehead atoms. The molecular formula is C14H15ClN4O2. The molecule has 6 nitrogen and oxygen atoms in total. The molecule has 0 unspecified atom stereocenters. The molecule has 1 aromatic carbocycles. The van der Waals surface area contributed by atoms with Crippen LogP contribution in [0.5, 0.6) is 0 Å². The van der Waals surface area contributed by atoms with Crippen molar-refractivity contribution in [2.24, 2.45) is 5.92 Å². The molecule has 0 saturated heterocycles. The van der Waals surface area contributed by atoms with Crippen molar-refractivity contribution in [3.8, 4) is 0 Å². The molecule has 1 aromatic heterocycles. The van der Waals surface area contributed by atoms with Gasteiger partial charge in [0.15, 0.2) is 0 Å². The van der Waals surface area contributed by atoms with Crippen molar-refractivity contribution in [3.63, 3.8) is 0 Å². The van der Waals surface area contributed by atoms with Crippen LogP contribution < -0.4 is 5.32 Å². The van der Waals surface area contributed by atoms with E-state index < -0.39 is 17.7 Å². The Morgan fingerprint density at radius 1 is 1.43 bits per heavy atom. The molecule has 0 radical (unpaired) electrons. The molecule has 0 saturated carbocycles. The largest absolute Gasteiger partial charge is 0.370 e. The quantitative estimate of drug-likeness (QED) is 0.885. The third-order valence-corrected chi connectivity index (χ3v) is 4.02. The lowest BCUT2D eigenvalue weighted by Gasteiger charge is -2.42. The van der Waals surface area contributed by atoms with Gasteiger partial charge in [-0.1, -0.05) is 23.7 Å². The summed E-state index contributed by atoms with van der Waals surface area (Å²) in [4.78, 5) is 16.2. The molecular weight excluding hydrogens is 292 g/mol. The standard InChI is InChI=1S/C14H15ClN4O2/c1-8(20)11-12(9-3-5-10(15)6-4-9)19-13(16-7-17-19)18-14(11,2)21/h3-7,11-12,21H,1-2H3,(H,16,17,18)/t11-,12+,14-/m0/s1. The summed E-state index contributed by atoms with van der Waals surface area (Å²) >= 11 is 5.92. The Bertz CT molecular complexity index is 681. The second kappa shape index (κ2) is 4.82. The van der Waals surface area contributed by atoms with Crippen LogP contribution in [0.3, 0.4) is 0 Å². The monoisotopic (exact) mass is 306 g/mol. The number of aliphatic hydroxyl groups is 1. The van der Waals surface area contributed by atoms with Crippen LogP contribution in [-0.4, -0.2) is 31.4 Å². The number of anilines is 1. The number of benzene rings is 1. The predicted molar refractivity (Wildman–Crippen MR) is 78.0 cm³/mol. The third-order valence-electron chi connectivity index (χ3n) is 3.77. The van der Waals surface area contributed by atoms with E-state index in [4.69, 9.17) is 11.6 Å². The van der Waals surface area contributed by atoms with E-state index in [0.29, 0.717) is 11.0 Å². The van der Waals surface area contributed by atoms with Gasteiger partial charge in [-0.2, -0.15) is 10.1 Å². The summed E-state index contributed by atoms with van der Waals surface area (Å²) in [7, 11) is 0. The number of hydrogen-bond acceptors (Lipinski definition) is 5. The van der Waals surface area contributed by atoms with E-state index in [2.05, 4.69) is 15.4 Å². The Hall–Kier alpha value is -1.92. The molecule has 2 heterocycles. The first-order chi connectivity index (χ1) is 9.90. The van der Waals surface area contributed by atoms with Gasteiger partial charge >= 0.3 is 0 Å². The zero-order valence-corrected chi connectivity index (χ0v) is 12.4. The van der Waals surface area contributed by atoms with E-state index in [1.807, 2.05) is 12.1 Å². The normalized spacial score (nSPS) is 27.8. The van der Waals surface area contributed by atoms with Crippen molar-refractivity contribution in [2.45, 2.75) is 25.6 Å². The maximum atomic E-state index is 12.1. The van der Waals surface area contributed by atoms with Crippen LogP contribution in [0.1, 0.15) is 25.5 Å². The maximum absolute atomic E-state index is 12.1. The lowest BCUT2D eigenvalue weighted by Crippen LogP contribution is -2.54. The van der Waals surface area contributed by atoms with Gasteiger partial charge in [0.05, 0.1) is 12.0 Å². The van der Waals surface area contributed by atoms with Crippen LogP contribution in [0, 0.1) is 5.92 Å². The van der Waals surface area contributed by atoms with Gasteiger partial charge in [0, 0.05) is 5.02 Å². The topological polar surface area (TPSA) is 80.0 Å². The lowest BCUT2D eigenvalue weighted by atomic mass is 9.81. The molecule has 0 fully saturated rings. The minimum Gasteiger partial charge on any atom is -0.370 e. The molecule has 0 aliphatic carbocycles. The fourth-order valence-electron chi connectivity index (χ4n) is 2.91. The molecule has 110 valence electrons. The molecule has 1 aliphatic heterocycles. The Morgan fingerprint density at radius 3 is 2.71 bits per heavy atom. The number of fused-ring (bicyclic) bond motifs is 1. The highest BCUT2D eigenvalue weighted by molar-refractivity contribution is 6.30. The van der Waals surface area contributed by atoms with E-state index in [1.54, 1.807) is 23.7 Å². The highest BCUT2D eigenvalue weighted by atomic mass is 35.5. The summed E-state index contributed by atoms with van der Waals surface area (Å²) in [5.74, 6) is -0.390. The number of nitrogens with zero attached hydrogens (tertiary/aromatic N) is 3. The van der Waals surface area contributed by atoms with Crippen LogP contribution in [0.25, 0.3) is 0 Å². The van der Waals surface area contributed by atoms with Gasteiger partial charge in [-0.15, -0.1) is 0 Å². The number of nitrogens with one attached hydrogen (secondary N) is 1. The van der Waals surface area contributed by atoms with Crippen molar-refractivity contribution in [2.75, 3.05) is 5.32 Å². The number of carbonyl (C=O) groups is 1. The first-order valence-corrected chi connectivity index (χ1v) is 6.94. The predicted octanol–water partition coefficient (Wildman–Crippen LogP) is 1.86. The van der Waals surface area contributed by atoms with E-state index in [-0.39, 0.29) is 5.78 Å². The number of carbonyl (C=O) groups excluding carboxylic acids is 1. The van der Waals surface area contributed by atoms with Crippen LogP contribution >= 0.6 is 11.6 Å². The summed E-state index contributed by atoms with van der Waals surface area (Å²) in [6, 6.07) is 6.72. The zero-order chi connectivity index (χ0) is 15.2. The summed E-state index contributed by atoms with van der Waals surface area (Å²) in [5, 5.41) is 18.3. The second-order valence-corrected chi connectivity index (χ2v) is 5.82. The zero-order valence-electron chi connectivity index (χ0n) is 11.6. The average Bonchev–Trinajstić information content (AvgIpc) is 2.84. The third kappa shape index (κ3) is 2.30. The van der Waals surface area contributed by atoms with Crippen molar-refractivity contribution >= 4 is 23.3 Å². The van der Waals surface area contributed by atoms with Crippen LogP contribution in [0.4, 0.5) is 5.95 Å². The smallest absolute Gasteiger partial charge is 0.223 e. The van der Waals surface area contributed by atoms with Gasteiger partial charge in [0.1, 0.15) is 17.8 Å². The Kier molecular flexibility index (Phi) is 3.22. The summed E-state index contributed by atoms with van der Waals surface area (Å²) < 4.78 is 1.62. The number of aromatic nitrogens is 3. The number of hydrogen-bond donors (Lipinski definition) is 2. The fourth-order valence-corrected chi connectivity index (χ4v) is 3.03.